The van der Waals surface area contributed by atoms with Crippen LogP contribution in [0.25, 0.3) is 0 Å². The zero-order chi connectivity index (χ0) is 12.8. The molecule has 0 radical (unpaired) electrons. The van der Waals surface area contributed by atoms with Gasteiger partial charge in [0, 0.05) is 18.9 Å². The number of carbonyl (C=O) groups is 2. The van der Waals surface area contributed by atoms with E-state index in [-0.39, 0.29) is 24.2 Å². The first-order chi connectivity index (χ1) is 8.00. The molecule has 0 aliphatic heterocycles. The second kappa shape index (κ2) is 6.59. The number of amides is 2. The van der Waals surface area contributed by atoms with Crippen molar-refractivity contribution in [1.29, 1.82) is 0 Å². The van der Waals surface area contributed by atoms with Gasteiger partial charge < -0.3 is 5.32 Å². The predicted molar refractivity (Wildman–Crippen MR) is 63.8 cm³/mol. The van der Waals surface area contributed by atoms with Crippen LogP contribution in [0.5, 0.6) is 0 Å². The van der Waals surface area contributed by atoms with Gasteiger partial charge in [0.15, 0.2) is 0 Å². The van der Waals surface area contributed by atoms with Crippen LogP contribution < -0.4 is 10.8 Å². The summed E-state index contributed by atoms with van der Waals surface area (Å²) in [4.78, 5) is 27.7. The van der Waals surface area contributed by atoms with E-state index in [1.54, 1.807) is 0 Å². The van der Waals surface area contributed by atoms with E-state index in [9.17, 15) is 9.59 Å². The highest BCUT2D eigenvalue weighted by Gasteiger charge is 2.38. The maximum absolute atomic E-state index is 11.4. The fourth-order valence-corrected chi connectivity index (χ4v) is 1.46. The van der Waals surface area contributed by atoms with Gasteiger partial charge in [-0.3, -0.25) is 14.4 Å². The van der Waals surface area contributed by atoms with Crippen LogP contribution >= 0.6 is 0 Å². The molecule has 1 aliphatic rings. The SMILES string of the molecule is CC(C)CONC(=O)CCNC(=O)C1CC1C. The minimum absolute atomic E-state index is 0.0633. The van der Waals surface area contributed by atoms with Crippen LogP contribution in [0.15, 0.2) is 0 Å². The van der Waals surface area contributed by atoms with Crippen LogP contribution in [-0.2, 0) is 14.4 Å². The third-order valence-electron chi connectivity index (χ3n) is 2.70. The third kappa shape index (κ3) is 5.68. The Bertz CT molecular complexity index is 279. The summed E-state index contributed by atoms with van der Waals surface area (Å²) in [6.45, 7) is 6.93. The Hall–Kier alpha value is -1.10. The highest BCUT2D eigenvalue weighted by atomic mass is 16.6. The van der Waals surface area contributed by atoms with E-state index in [1.807, 2.05) is 13.8 Å². The van der Waals surface area contributed by atoms with Gasteiger partial charge in [0.1, 0.15) is 0 Å². The number of hydrogen-bond donors (Lipinski definition) is 2. The van der Waals surface area contributed by atoms with Gasteiger partial charge in [-0.15, -0.1) is 0 Å². The summed E-state index contributed by atoms with van der Waals surface area (Å²) in [5, 5.41) is 2.75. The van der Waals surface area contributed by atoms with Gasteiger partial charge in [-0.25, -0.2) is 5.48 Å². The largest absolute Gasteiger partial charge is 0.355 e. The van der Waals surface area contributed by atoms with Gasteiger partial charge in [0.05, 0.1) is 6.61 Å². The number of carbonyl (C=O) groups excluding carboxylic acids is 2. The van der Waals surface area contributed by atoms with Crippen molar-refractivity contribution in [1.82, 2.24) is 10.8 Å². The Morgan fingerprint density at radius 3 is 2.59 bits per heavy atom. The molecule has 2 atom stereocenters. The standard InChI is InChI=1S/C12H22N2O3/c1-8(2)7-17-14-11(15)4-5-13-12(16)10-6-9(10)3/h8-10H,4-7H2,1-3H3,(H,13,16)(H,14,15). The van der Waals surface area contributed by atoms with E-state index in [4.69, 9.17) is 4.84 Å². The Balaban J connectivity index is 1.98. The molecular formula is C12H22N2O3. The summed E-state index contributed by atoms with van der Waals surface area (Å²) in [6, 6.07) is 0. The molecule has 5 nitrogen and oxygen atoms in total. The summed E-state index contributed by atoms with van der Waals surface area (Å²) < 4.78 is 0. The molecule has 1 saturated carbocycles. The molecule has 5 heteroatoms. The topological polar surface area (TPSA) is 67.4 Å². The van der Waals surface area contributed by atoms with Crippen LogP contribution in [0.3, 0.4) is 0 Å². The lowest BCUT2D eigenvalue weighted by molar-refractivity contribution is -0.134. The molecule has 1 fully saturated rings. The highest BCUT2D eigenvalue weighted by Crippen LogP contribution is 2.37. The molecule has 0 aromatic carbocycles. The van der Waals surface area contributed by atoms with Crippen molar-refractivity contribution < 1.29 is 14.4 Å². The lowest BCUT2D eigenvalue weighted by atomic mass is 10.2. The predicted octanol–water partition coefficient (Wildman–Crippen LogP) is 0.852. The average molecular weight is 242 g/mol. The van der Waals surface area contributed by atoms with Gasteiger partial charge in [-0.2, -0.15) is 0 Å². The number of hydroxylamine groups is 1. The molecule has 1 rings (SSSR count). The maximum Gasteiger partial charge on any atom is 0.245 e. The molecule has 0 bridgehead atoms. The first-order valence-corrected chi connectivity index (χ1v) is 6.19. The highest BCUT2D eigenvalue weighted by molar-refractivity contribution is 5.82. The number of rotatable bonds is 7. The van der Waals surface area contributed by atoms with Crippen LogP contribution in [0.1, 0.15) is 33.6 Å². The lowest BCUT2D eigenvalue weighted by Gasteiger charge is -2.08. The van der Waals surface area contributed by atoms with E-state index in [0.717, 1.165) is 6.42 Å². The molecule has 98 valence electrons. The van der Waals surface area contributed by atoms with E-state index in [1.165, 1.54) is 0 Å². The van der Waals surface area contributed by atoms with Crippen molar-refractivity contribution >= 4 is 11.8 Å². The first kappa shape index (κ1) is 14.0. The van der Waals surface area contributed by atoms with E-state index >= 15 is 0 Å². The molecule has 0 aromatic heterocycles. The number of hydrogen-bond acceptors (Lipinski definition) is 3. The molecule has 2 unspecified atom stereocenters. The summed E-state index contributed by atoms with van der Waals surface area (Å²) in [5.74, 6) is 0.906. The van der Waals surface area contributed by atoms with Crippen molar-refractivity contribution in [2.24, 2.45) is 17.8 Å². The Morgan fingerprint density at radius 2 is 2.06 bits per heavy atom. The van der Waals surface area contributed by atoms with Crippen LogP contribution in [0, 0.1) is 17.8 Å². The van der Waals surface area contributed by atoms with E-state index in [2.05, 4.69) is 17.7 Å². The zero-order valence-corrected chi connectivity index (χ0v) is 10.8. The maximum atomic E-state index is 11.4. The van der Waals surface area contributed by atoms with Crippen molar-refractivity contribution in [3.05, 3.63) is 0 Å². The molecule has 1 aliphatic carbocycles. The van der Waals surface area contributed by atoms with Gasteiger partial charge in [-0.1, -0.05) is 20.8 Å². The summed E-state index contributed by atoms with van der Waals surface area (Å²) >= 11 is 0. The Morgan fingerprint density at radius 1 is 1.41 bits per heavy atom. The Labute approximate surface area is 102 Å². The Kier molecular flexibility index (Phi) is 5.41. The third-order valence-corrected chi connectivity index (χ3v) is 2.70. The molecule has 0 aromatic rings. The van der Waals surface area contributed by atoms with Gasteiger partial charge in [0.25, 0.3) is 0 Å². The zero-order valence-electron chi connectivity index (χ0n) is 10.8. The second-order valence-electron chi connectivity index (χ2n) is 5.09. The summed E-state index contributed by atoms with van der Waals surface area (Å²) in [5.41, 5.74) is 2.35. The van der Waals surface area contributed by atoms with Crippen molar-refractivity contribution in [2.75, 3.05) is 13.2 Å². The van der Waals surface area contributed by atoms with Crippen LogP contribution in [0.2, 0.25) is 0 Å². The minimum Gasteiger partial charge on any atom is -0.355 e. The molecule has 17 heavy (non-hydrogen) atoms. The van der Waals surface area contributed by atoms with Crippen LogP contribution in [0.4, 0.5) is 0 Å². The quantitative estimate of drug-likeness (QED) is 0.650. The van der Waals surface area contributed by atoms with Gasteiger partial charge in [0.2, 0.25) is 11.8 Å². The fourth-order valence-electron chi connectivity index (χ4n) is 1.46. The van der Waals surface area contributed by atoms with Gasteiger partial charge in [-0.05, 0) is 18.3 Å². The van der Waals surface area contributed by atoms with Crippen molar-refractivity contribution in [3.63, 3.8) is 0 Å². The molecule has 2 N–H and O–H groups in total. The molecular weight excluding hydrogens is 220 g/mol. The van der Waals surface area contributed by atoms with Crippen LogP contribution in [-0.4, -0.2) is 25.0 Å². The summed E-state index contributed by atoms with van der Waals surface area (Å²) in [7, 11) is 0. The molecule has 0 spiro atoms. The average Bonchev–Trinajstić information content (AvgIpc) is 2.95. The second-order valence-corrected chi connectivity index (χ2v) is 5.09. The lowest BCUT2D eigenvalue weighted by Crippen LogP contribution is -2.32. The molecule has 0 heterocycles. The normalized spacial score (nSPS) is 22.4. The monoisotopic (exact) mass is 242 g/mol. The number of nitrogens with one attached hydrogen (secondary N) is 2. The minimum atomic E-state index is -0.199. The molecule has 0 saturated heterocycles. The fraction of sp³-hybridized carbons (Fsp3) is 0.833. The van der Waals surface area contributed by atoms with Gasteiger partial charge >= 0.3 is 0 Å². The van der Waals surface area contributed by atoms with E-state index in [0.29, 0.717) is 25.0 Å². The smallest absolute Gasteiger partial charge is 0.245 e. The molecule has 2 amide bonds. The van der Waals surface area contributed by atoms with Crippen molar-refractivity contribution in [3.8, 4) is 0 Å². The summed E-state index contributed by atoms with van der Waals surface area (Å²) in [6.07, 6.45) is 1.22. The first-order valence-electron chi connectivity index (χ1n) is 6.19. The van der Waals surface area contributed by atoms with E-state index < -0.39 is 0 Å². The van der Waals surface area contributed by atoms with Crippen molar-refractivity contribution in [2.45, 2.75) is 33.6 Å².